The topological polar surface area (TPSA) is 91.7 Å². The molecule has 42 heavy (non-hydrogen) atoms. The van der Waals surface area contributed by atoms with Crippen molar-refractivity contribution in [3.05, 3.63) is 113 Å². The van der Waals surface area contributed by atoms with Crippen LogP contribution in [0.25, 0.3) is 21.8 Å². The zero-order valence-electron chi connectivity index (χ0n) is 23.5. The lowest BCUT2D eigenvalue weighted by Gasteiger charge is -2.06. The predicted molar refractivity (Wildman–Crippen MR) is 164 cm³/mol. The Bertz CT molecular complexity index is 1820. The molecule has 0 spiro atoms. The molecule has 5 rings (SSSR count). The van der Waals surface area contributed by atoms with Gasteiger partial charge in [0.15, 0.2) is 24.8 Å². The number of Topliss-reactive ketones (excluding diaryl/α,β-unsaturated/α-hetero) is 2. The first-order valence-corrected chi connectivity index (χ1v) is 14.3. The van der Waals surface area contributed by atoms with Gasteiger partial charge in [-0.1, -0.05) is 35.4 Å². The lowest BCUT2D eigenvalue weighted by atomic mass is 10.0. The summed E-state index contributed by atoms with van der Waals surface area (Å²) in [6.45, 7) is 5.81. The van der Waals surface area contributed by atoms with Gasteiger partial charge in [0.2, 0.25) is 0 Å². The van der Waals surface area contributed by atoms with E-state index in [0.29, 0.717) is 23.2 Å². The van der Waals surface area contributed by atoms with Gasteiger partial charge in [0.1, 0.15) is 0 Å². The number of carbonyl (C=O) groups excluding carboxylic acids is 4. The molecule has 0 atom stereocenters. The molecule has 0 N–H and O–H groups in total. The van der Waals surface area contributed by atoms with Crippen molar-refractivity contribution in [2.75, 3.05) is 13.2 Å². The number of ether oxygens (including phenoxy) is 2. The summed E-state index contributed by atoms with van der Waals surface area (Å²) in [5.74, 6) is -1.23. The Labute approximate surface area is 247 Å². The molecule has 8 heteroatoms. The van der Waals surface area contributed by atoms with E-state index in [1.165, 1.54) is 0 Å². The SMILES string of the molecule is CCn1c2ccc(C(=O)COC(=O)Sc3ccc(C)cc3)cc2c2cc(C(=O)COC(=O)c3ccc(C)cc3)ccc21. The molecule has 1 heterocycles. The first-order chi connectivity index (χ1) is 20.2. The molecule has 0 bridgehead atoms. The molecule has 7 nitrogen and oxygen atoms in total. The molecule has 0 radical (unpaired) electrons. The Morgan fingerprint density at radius 3 is 1.64 bits per heavy atom. The van der Waals surface area contributed by atoms with Crippen LogP contribution in [0.2, 0.25) is 0 Å². The van der Waals surface area contributed by atoms with Crippen LogP contribution in [0.4, 0.5) is 4.79 Å². The van der Waals surface area contributed by atoms with Gasteiger partial charge in [-0.3, -0.25) is 9.59 Å². The molecular weight excluding hydrogens is 550 g/mol. The van der Waals surface area contributed by atoms with Crippen molar-refractivity contribution in [1.82, 2.24) is 4.57 Å². The Morgan fingerprint density at radius 2 is 1.12 bits per heavy atom. The third kappa shape index (κ3) is 6.29. The number of thioether (sulfide) groups is 1. The number of hydrogen-bond donors (Lipinski definition) is 0. The van der Waals surface area contributed by atoms with Gasteiger partial charge in [0.05, 0.1) is 5.56 Å². The highest BCUT2D eigenvalue weighted by Crippen LogP contribution is 2.31. The Morgan fingerprint density at radius 1 is 0.643 bits per heavy atom. The number of nitrogens with zero attached hydrogens (tertiary/aromatic N) is 1. The van der Waals surface area contributed by atoms with Gasteiger partial charge < -0.3 is 14.0 Å². The molecule has 0 unspecified atom stereocenters. The summed E-state index contributed by atoms with van der Waals surface area (Å²) in [7, 11) is 0. The maximum absolute atomic E-state index is 13.0. The molecule has 0 fully saturated rings. The van der Waals surface area contributed by atoms with Gasteiger partial charge in [0, 0.05) is 44.4 Å². The molecule has 0 aliphatic heterocycles. The van der Waals surface area contributed by atoms with Crippen molar-refractivity contribution in [1.29, 1.82) is 0 Å². The fourth-order valence-corrected chi connectivity index (χ4v) is 5.30. The van der Waals surface area contributed by atoms with Gasteiger partial charge in [-0.15, -0.1) is 0 Å². The number of esters is 1. The minimum atomic E-state index is -0.562. The van der Waals surface area contributed by atoms with E-state index in [1.54, 1.807) is 36.4 Å². The average molecular weight is 580 g/mol. The molecule has 0 amide bonds. The van der Waals surface area contributed by atoms with Gasteiger partial charge in [-0.25, -0.2) is 9.59 Å². The van der Waals surface area contributed by atoms with E-state index < -0.39 is 11.3 Å². The zero-order valence-corrected chi connectivity index (χ0v) is 24.3. The van der Waals surface area contributed by atoms with Crippen molar-refractivity contribution in [2.45, 2.75) is 32.2 Å². The number of rotatable bonds is 9. The van der Waals surface area contributed by atoms with Crippen molar-refractivity contribution >= 4 is 56.4 Å². The highest BCUT2D eigenvalue weighted by Gasteiger charge is 2.18. The predicted octanol–water partition coefficient (Wildman–Crippen LogP) is 7.58. The van der Waals surface area contributed by atoms with E-state index in [1.807, 2.05) is 69.3 Å². The number of aromatic nitrogens is 1. The molecule has 0 saturated carbocycles. The number of hydrogen-bond acceptors (Lipinski definition) is 7. The average Bonchev–Trinajstić information content (AvgIpc) is 3.32. The van der Waals surface area contributed by atoms with Crippen LogP contribution in [0, 0.1) is 13.8 Å². The van der Waals surface area contributed by atoms with Crippen molar-refractivity contribution < 1.29 is 28.7 Å². The monoisotopic (exact) mass is 579 g/mol. The molecular formula is C34H29NO6S. The second-order valence-corrected chi connectivity index (χ2v) is 11.0. The summed E-state index contributed by atoms with van der Waals surface area (Å²) >= 11 is 0.929. The third-order valence-corrected chi connectivity index (χ3v) is 7.78. The molecule has 0 aliphatic carbocycles. The molecule has 0 aliphatic rings. The van der Waals surface area contributed by atoms with Crippen LogP contribution in [0.1, 0.15) is 49.1 Å². The lowest BCUT2D eigenvalue weighted by molar-refractivity contribution is 0.0474. The van der Waals surface area contributed by atoms with Gasteiger partial charge in [-0.05, 0) is 93.2 Å². The highest BCUT2D eigenvalue weighted by atomic mass is 32.2. The van der Waals surface area contributed by atoms with E-state index in [0.717, 1.165) is 49.6 Å². The first kappa shape index (κ1) is 28.8. The zero-order chi connectivity index (χ0) is 29.8. The molecule has 212 valence electrons. The minimum Gasteiger partial charge on any atom is -0.454 e. The van der Waals surface area contributed by atoms with E-state index in [-0.39, 0.29) is 24.8 Å². The second-order valence-electron chi connectivity index (χ2n) is 9.95. The largest absolute Gasteiger partial charge is 0.454 e. The molecule has 0 saturated heterocycles. The number of fused-ring (bicyclic) bond motifs is 3. The van der Waals surface area contributed by atoms with Crippen molar-refractivity contribution in [3.8, 4) is 0 Å². The standard InChI is InChI=1S/C34H29NO6S/c1-4-35-29-15-11-24(31(36)19-40-33(38)23-9-5-21(2)6-10-23)17-27(29)28-18-25(12-16-30(28)35)32(37)20-41-34(39)42-26-13-7-22(3)8-14-26/h5-18H,4,19-20H2,1-3H3. The normalized spacial score (nSPS) is 11.0. The number of ketones is 2. The van der Waals surface area contributed by atoms with Gasteiger partial charge >= 0.3 is 11.3 Å². The van der Waals surface area contributed by atoms with Crippen LogP contribution < -0.4 is 0 Å². The first-order valence-electron chi connectivity index (χ1n) is 13.5. The highest BCUT2D eigenvalue weighted by molar-refractivity contribution is 8.13. The minimum absolute atomic E-state index is 0.331. The van der Waals surface area contributed by atoms with Crippen LogP contribution in [0.5, 0.6) is 0 Å². The Kier molecular flexibility index (Phi) is 8.54. The van der Waals surface area contributed by atoms with E-state index in [2.05, 4.69) is 4.57 Å². The van der Waals surface area contributed by atoms with E-state index in [9.17, 15) is 19.2 Å². The summed E-state index contributed by atoms with van der Waals surface area (Å²) in [5.41, 5.74) is 5.10. The van der Waals surface area contributed by atoms with Crippen molar-refractivity contribution in [2.24, 2.45) is 0 Å². The third-order valence-electron chi connectivity index (χ3n) is 6.99. The maximum Gasteiger partial charge on any atom is 0.372 e. The molecule has 4 aromatic carbocycles. The summed E-state index contributed by atoms with van der Waals surface area (Å²) < 4.78 is 12.6. The van der Waals surface area contributed by atoms with Crippen LogP contribution in [-0.2, 0) is 16.0 Å². The summed E-state index contributed by atoms with van der Waals surface area (Å²) in [6.07, 6.45) is 0. The summed E-state index contributed by atoms with van der Waals surface area (Å²) in [4.78, 5) is 51.3. The van der Waals surface area contributed by atoms with E-state index in [4.69, 9.17) is 9.47 Å². The van der Waals surface area contributed by atoms with Gasteiger partial charge in [-0.2, -0.15) is 0 Å². The lowest BCUT2D eigenvalue weighted by Crippen LogP contribution is -2.14. The van der Waals surface area contributed by atoms with E-state index >= 15 is 0 Å². The Hall–Kier alpha value is -4.69. The van der Waals surface area contributed by atoms with Crippen LogP contribution >= 0.6 is 11.8 Å². The summed E-state index contributed by atoms with van der Waals surface area (Å²) in [6, 6.07) is 25.1. The van der Waals surface area contributed by atoms with Crippen molar-refractivity contribution in [3.63, 3.8) is 0 Å². The van der Waals surface area contributed by atoms with Crippen LogP contribution in [-0.4, -0.2) is 40.6 Å². The van der Waals surface area contributed by atoms with Crippen LogP contribution in [0.15, 0.2) is 89.8 Å². The number of carbonyl (C=O) groups is 4. The molecule has 1 aromatic heterocycles. The Balaban J connectivity index is 1.32. The number of aryl methyl sites for hydroxylation is 3. The number of benzene rings is 4. The quantitative estimate of drug-likeness (QED) is 0.101. The molecule has 5 aromatic rings. The van der Waals surface area contributed by atoms with Crippen LogP contribution in [0.3, 0.4) is 0 Å². The second kappa shape index (κ2) is 12.4. The maximum atomic E-state index is 13.0. The fourth-order valence-electron chi connectivity index (χ4n) is 4.72. The summed E-state index contributed by atoms with van der Waals surface area (Å²) in [5, 5.41) is 1.04. The van der Waals surface area contributed by atoms with Gasteiger partial charge in [0.25, 0.3) is 0 Å². The smallest absolute Gasteiger partial charge is 0.372 e. The fraction of sp³-hybridized carbons (Fsp3) is 0.176.